The number of rotatable bonds is 4. The van der Waals surface area contributed by atoms with Crippen LogP contribution in [0.1, 0.15) is 37.2 Å². The zero-order valence-corrected chi connectivity index (χ0v) is 10.6. The molecule has 0 radical (unpaired) electrons. The van der Waals surface area contributed by atoms with Gasteiger partial charge in [0.25, 0.3) is 0 Å². The minimum atomic E-state index is 0.206. The smallest absolute Gasteiger partial charge is 0.220 e. The Labute approximate surface area is 108 Å². The van der Waals surface area contributed by atoms with E-state index in [1.165, 1.54) is 18.4 Å². The Morgan fingerprint density at radius 2 is 2.00 bits per heavy atom. The van der Waals surface area contributed by atoms with Crippen LogP contribution in [0.4, 0.5) is 0 Å². The summed E-state index contributed by atoms with van der Waals surface area (Å²) in [7, 11) is 0. The Morgan fingerprint density at radius 3 is 2.67 bits per heavy atom. The summed E-state index contributed by atoms with van der Waals surface area (Å²) in [6.45, 7) is 0.928. The van der Waals surface area contributed by atoms with Crippen LogP contribution in [-0.4, -0.2) is 24.5 Å². The zero-order valence-electron chi connectivity index (χ0n) is 10.6. The standard InChI is InChI=1S/C15H20N2O/c18-15-7-6-13(17-15)10-16-14-8-12(9-14)11-4-2-1-3-5-11/h1-5,12-14,16H,6-10H2,(H,17,18). The van der Waals surface area contributed by atoms with Gasteiger partial charge < -0.3 is 10.6 Å². The van der Waals surface area contributed by atoms with Crippen molar-refractivity contribution in [1.82, 2.24) is 10.6 Å². The first-order valence-electron chi connectivity index (χ1n) is 6.89. The molecular formula is C15H20N2O. The van der Waals surface area contributed by atoms with Gasteiger partial charge in [0.15, 0.2) is 0 Å². The fraction of sp³-hybridized carbons (Fsp3) is 0.533. The van der Waals surface area contributed by atoms with Crippen molar-refractivity contribution in [3.63, 3.8) is 0 Å². The van der Waals surface area contributed by atoms with Gasteiger partial charge in [-0.3, -0.25) is 4.79 Å². The number of hydrogen-bond acceptors (Lipinski definition) is 2. The molecule has 1 heterocycles. The van der Waals surface area contributed by atoms with Crippen LogP contribution in [0.5, 0.6) is 0 Å². The van der Waals surface area contributed by atoms with E-state index in [1.54, 1.807) is 0 Å². The van der Waals surface area contributed by atoms with Gasteiger partial charge in [0.2, 0.25) is 5.91 Å². The molecule has 1 unspecified atom stereocenters. The van der Waals surface area contributed by atoms with Crippen LogP contribution in [0.3, 0.4) is 0 Å². The van der Waals surface area contributed by atoms with Crippen LogP contribution in [0.2, 0.25) is 0 Å². The van der Waals surface area contributed by atoms with Gasteiger partial charge in [0.1, 0.15) is 0 Å². The average Bonchev–Trinajstić information content (AvgIpc) is 2.74. The second-order valence-electron chi connectivity index (χ2n) is 5.49. The van der Waals surface area contributed by atoms with E-state index in [4.69, 9.17) is 0 Å². The SMILES string of the molecule is O=C1CCC(CNC2CC(c3ccccc3)C2)N1. The lowest BCUT2D eigenvalue weighted by Gasteiger charge is -2.37. The van der Waals surface area contributed by atoms with Crippen molar-refractivity contribution in [3.05, 3.63) is 35.9 Å². The normalized spacial score (nSPS) is 30.9. The first kappa shape index (κ1) is 11.7. The molecule has 1 saturated carbocycles. The lowest BCUT2D eigenvalue weighted by atomic mass is 9.76. The topological polar surface area (TPSA) is 41.1 Å². The van der Waals surface area contributed by atoms with Gasteiger partial charge in [-0.25, -0.2) is 0 Å². The third-order valence-corrected chi connectivity index (χ3v) is 4.15. The van der Waals surface area contributed by atoms with Crippen molar-refractivity contribution < 1.29 is 4.79 Å². The number of benzene rings is 1. The molecule has 1 amide bonds. The van der Waals surface area contributed by atoms with Crippen molar-refractivity contribution in [3.8, 4) is 0 Å². The number of carbonyl (C=O) groups is 1. The summed E-state index contributed by atoms with van der Waals surface area (Å²) in [5.41, 5.74) is 1.46. The summed E-state index contributed by atoms with van der Waals surface area (Å²) in [5.74, 6) is 0.930. The number of nitrogens with one attached hydrogen (secondary N) is 2. The maximum absolute atomic E-state index is 11.1. The predicted octanol–water partition coefficient (Wildman–Crippen LogP) is 1.80. The molecule has 1 saturated heterocycles. The molecule has 1 atom stereocenters. The molecule has 2 aliphatic rings. The Kier molecular flexibility index (Phi) is 3.33. The van der Waals surface area contributed by atoms with E-state index in [2.05, 4.69) is 41.0 Å². The van der Waals surface area contributed by atoms with Crippen LogP contribution in [0.25, 0.3) is 0 Å². The maximum Gasteiger partial charge on any atom is 0.220 e. The third kappa shape index (κ3) is 2.56. The summed E-state index contributed by atoms with van der Waals surface area (Å²) in [6, 6.07) is 11.7. The van der Waals surface area contributed by atoms with Gasteiger partial charge in [-0.1, -0.05) is 30.3 Å². The molecule has 2 N–H and O–H groups in total. The van der Waals surface area contributed by atoms with Gasteiger partial charge in [-0.15, -0.1) is 0 Å². The molecule has 2 fully saturated rings. The Bertz CT molecular complexity index is 412. The van der Waals surface area contributed by atoms with Crippen LogP contribution >= 0.6 is 0 Å². The van der Waals surface area contributed by atoms with Crippen molar-refractivity contribution in [2.75, 3.05) is 6.54 Å². The summed E-state index contributed by atoms with van der Waals surface area (Å²) < 4.78 is 0. The fourth-order valence-electron chi connectivity index (χ4n) is 2.92. The molecule has 1 aromatic rings. The largest absolute Gasteiger partial charge is 0.352 e. The lowest BCUT2D eigenvalue weighted by molar-refractivity contribution is -0.119. The van der Waals surface area contributed by atoms with E-state index in [0.29, 0.717) is 18.5 Å². The maximum atomic E-state index is 11.1. The molecule has 18 heavy (non-hydrogen) atoms. The molecule has 96 valence electrons. The van der Waals surface area contributed by atoms with Gasteiger partial charge in [-0.05, 0) is 30.7 Å². The molecule has 1 aromatic carbocycles. The second kappa shape index (κ2) is 5.11. The summed E-state index contributed by atoms with van der Waals surface area (Å²) in [5, 5.41) is 6.57. The second-order valence-corrected chi connectivity index (χ2v) is 5.49. The van der Waals surface area contributed by atoms with Gasteiger partial charge in [0.05, 0.1) is 0 Å². The first-order valence-corrected chi connectivity index (χ1v) is 6.89. The minimum absolute atomic E-state index is 0.206. The van der Waals surface area contributed by atoms with Crippen molar-refractivity contribution in [2.45, 2.75) is 43.7 Å². The average molecular weight is 244 g/mol. The predicted molar refractivity (Wildman–Crippen MR) is 71.4 cm³/mol. The van der Waals surface area contributed by atoms with Gasteiger partial charge in [-0.2, -0.15) is 0 Å². The van der Waals surface area contributed by atoms with Crippen molar-refractivity contribution in [2.24, 2.45) is 0 Å². The van der Waals surface area contributed by atoms with Crippen molar-refractivity contribution >= 4 is 5.91 Å². The summed E-state index contributed by atoms with van der Waals surface area (Å²) in [6.07, 6.45) is 4.14. The van der Waals surface area contributed by atoms with Gasteiger partial charge >= 0.3 is 0 Å². The van der Waals surface area contributed by atoms with Crippen LogP contribution in [0.15, 0.2) is 30.3 Å². The molecule has 0 aromatic heterocycles. The van der Waals surface area contributed by atoms with Crippen LogP contribution in [-0.2, 0) is 4.79 Å². The Balaban J connectivity index is 1.39. The Hall–Kier alpha value is -1.35. The molecular weight excluding hydrogens is 224 g/mol. The molecule has 3 nitrogen and oxygen atoms in total. The molecule has 0 bridgehead atoms. The van der Waals surface area contributed by atoms with E-state index in [9.17, 15) is 4.79 Å². The molecule has 1 aliphatic carbocycles. The summed E-state index contributed by atoms with van der Waals surface area (Å²) in [4.78, 5) is 11.1. The van der Waals surface area contributed by atoms with E-state index in [1.807, 2.05) is 0 Å². The Morgan fingerprint density at radius 1 is 1.22 bits per heavy atom. The molecule has 0 spiro atoms. The summed E-state index contributed by atoms with van der Waals surface area (Å²) >= 11 is 0. The highest BCUT2D eigenvalue weighted by atomic mass is 16.1. The fourth-order valence-corrected chi connectivity index (χ4v) is 2.92. The number of carbonyl (C=O) groups excluding carboxylic acids is 1. The highest BCUT2D eigenvalue weighted by Gasteiger charge is 2.30. The monoisotopic (exact) mass is 244 g/mol. The van der Waals surface area contributed by atoms with Crippen LogP contribution < -0.4 is 10.6 Å². The van der Waals surface area contributed by atoms with E-state index in [-0.39, 0.29) is 5.91 Å². The van der Waals surface area contributed by atoms with E-state index < -0.39 is 0 Å². The zero-order chi connectivity index (χ0) is 12.4. The van der Waals surface area contributed by atoms with Gasteiger partial charge in [0, 0.05) is 25.0 Å². The minimum Gasteiger partial charge on any atom is -0.352 e. The van der Waals surface area contributed by atoms with E-state index >= 15 is 0 Å². The van der Waals surface area contributed by atoms with Crippen LogP contribution in [0, 0.1) is 0 Å². The quantitative estimate of drug-likeness (QED) is 0.848. The third-order valence-electron chi connectivity index (χ3n) is 4.15. The van der Waals surface area contributed by atoms with E-state index in [0.717, 1.165) is 18.9 Å². The highest BCUT2D eigenvalue weighted by Crippen LogP contribution is 2.36. The lowest BCUT2D eigenvalue weighted by Crippen LogP contribution is -2.45. The molecule has 3 heteroatoms. The molecule has 1 aliphatic heterocycles. The highest BCUT2D eigenvalue weighted by molar-refractivity contribution is 5.78. The number of hydrogen-bond donors (Lipinski definition) is 2. The first-order chi connectivity index (χ1) is 8.81. The molecule has 3 rings (SSSR count). The van der Waals surface area contributed by atoms with Crippen molar-refractivity contribution in [1.29, 1.82) is 0 Å². The number of amides is 1.